The van der Waals surface area contributed by atoms with Crippen LogP contribution in [0.15, 0.2) is 18.2 Å². The van der Waals surface area contributed by atoms with Crippen molar-refractivity contribution in [1.82, 2.24) is 9.88 Å². The van der Waals surface area contributed by atoms with Crippen molar-refractivity contribution in [2.45, 2.75) is 5.75 Å². The van der Waals surface area contributed by atoms with E-state index in [9.17, 15) is 0 Å². The van der Waals surface area contributed by atoms with Crippen LogP contribution in [0.2, 0.25) is 0 Å². The fraction of sp³-hybridized carbons (Fsp3) is 0.500. The van der Waals surface area contributed by atoms with Crippen LogP contribution in [0, 0.1) is 0 Å². The molecule has 0 spiro atoms. The number of anilines is 1. The van der Waals surface area contributed by atoms with Crippen LogP contribution in [-0.4, -0.2) is 36.3 Å². The molecule has 0 fully saturated rings. The fourth-order valence-corrected chi connectivity index (χ4v) is 2.01. The number of rotatable bonds is 5. The summed E-state index contributed by atoms with van der Waals surface area (Å²) in [5.41, 5.74) is 6.65. The van der Waals surface area contributed by atoms with Gasteiger partial charge in [-0.2, -0.15) is 11.8 Å². The molecule has 2 N–H and O–H groups in total. The largest absolute Gasteiger partial charge is 0.384 e. The van der Waals surface area contributed by atoms with Gasteiger partial charge in [0.15, 0.2) is 0 Å². The maximum Gasteiger partial charge on any atom is 0.123 e. The third kappa shape index (κ3) is 4.48. The van der Waals surface area contributed by atoms with Gasteiger partial charge < -0.3 is 10.6 Å². The quantitative estimate of drug-likeness (QED) is 0.749. The van der Waals surface area contributed by atoms with Gasteiger partial charge in [-0.3, -0.25) is 0 Å². The molecule has 0 bridgehead atoms. The zero-order chi connectivity index (χ0) is 10.4. The van der Waals surface area contributed by atoms with E-state index in [2.05, 4.69) is 24.0 Å². The van der Waals surface area contributed by atoms with Crippen LogP contribution >= 0.6 is 11.8 Å². The van der Waals surface area contributed by atoms with Gasteiger partial charge in [-0.15, -0.1) is 0 Å². The van der Waals surface area contributed by atoms with Gasteiger partial charge >= 0.3 is 0 Å². The van der Waals surface area contributed by atoms with Crippen LogP contribution in [0.5, 0.6) is 0 Å². The van der Waals surface area contributed by atoms with Crippen molar-refractivity contribution < 1.29 is 0 Å². The van der Waals surface area contributed by atoms with Crippen molar-refractivity contribution in [2.24, 2.45) is 0 Å². The summed E-state index contributed by atoms with van der Waals surface area (Å²) in [5.74, 6) is 2.68. The van der Waals surface area contributed by atoms with Crippen LogP contribution in [-0.2, 0) is 5.75 Å². The van der Waals surface area contributed by atoms with Crippen LogP contribution in [0.4, 0.5) is 5.82 Å². The molecule has 0 saturated heterocycles. The number of aromatic nitrogens is 1. The van der Waals surface area contributed by atoms with Gasteiger partial charge in [0, 0.05) is 18.1 Å². The second-order valence-electron chi connectivity index (χ2n) is 3.41. The van der Waals surface area contributed by atoms with Gasteiger partial charge in [0.1, 0.15) is 5.82 Å². The summed E-state index contributed by atoms with van der Waals surface area (Å²) in [6, 6.07) is 5.77. The lowest BCUT2D eigenvalue weighted by Crippen LogP contribution is -2.14. The Labute approximate surface area is 89.7 Å². The first-order chi connectivity index (χ1) is 6.68. The van der Waals surface area contributed by atoms with E-state index in [1.54, 1.807) is 0 Å². The Morgan fingerprint density at radius 3 is 2.86 bits per heavy atom. The number of hydrogen-bond acceptors (Lipinski definition) is 4. The molecule has 0 amide bonds. The molecule has 0 aliphatic carbocycles. The maximum absolute atomic E-state index is 5.58. The van der Waals surface area contributed by atoms with E-state index < -0.39 is 0 Å². The van der Waals surface area contributed by atoms with Gasteiger partial charge in [-0.1, -0.05) is 6.07 Å². The molecule has 0 aliphatic rings. The standard InChI is InChI=1S/C10H17N3S/c1-13(2)6-7-14-8-9-4-3-5-10(11)12-9/h3-5H,6-8H2,1-2H3,(H2,11,12). The summed E-state index contributed by atoms with van der Waals surface area (Å²) in [4.78, 5) is 6.41. The van der Waals surface area contributed by atoms with Crippen molar-refractivity contribution in [3.63, 3.8) is 0 Å². The predicted octanol–water partition coefficient (Wildman–Crippen LogP) is 1.46. The normalized spacial score (nSPS) is 10.8. The van der Waals surface area contributed by atoms with E-state index in [4.69, 9.17) is 5.73 Å². The maximum atomic E-state index is 5.58. The van der Waals surface area contributed by atoms with E-state index in [1.165, 1.54) is 0 Å². The number of nitrogen functional groups attached to an aromatic ring is 1. The molecular formula is C10H17N3S. The second-order valence-corrected chi connectivity index (χ2v) is 4.51. The molecule has 0 unspecified atom stereocenters. The summed E-state index contributed by atoms with van der Waals surface area (Å²) < 4.78 is 0. The van der Waals surface area contributed by atoms with E-state index in [-0.39, 0.29) is 0 Å². The molecule has 3 nitrogen and oxygen atoms in total. The van der Waals surface area contributed by atoms with Crippen molar-refractivity contribution in [3.8, 4) is 0 Å². The Morgan fingerprint density at radius 2 is 2.21 bits per heavy atom. The molecule has 0 radical (unpaired) electrons. The van der Waals surface area contributed by atoms with Crippen LogP contribution in [0.1, 0.15) is 5.69 Å². The Bertz CT molecular complexity index is 276. The molecule has 1 rings (SSSR count). The van der Waals surface area contributed by atoms with E-state index in [1.807, 2.05) is 30.0 Å². The zero-order valence-electron chi connectivity index (χ0n) is 8.73. The summed E-state index contributed by atoms with van der Waals surface area (Å²) in [6.45, 7) is 1.10. The Morgan fingerprint density at radius 1 is 1.43 bits per heavy atom. The molecule has 1 aromatic heterocycles. The van der Waals surface area contributed by atoms with Crippen LogP contribution < -0.4 is 5.73 Å². The third-order valence-electron chi connectivity index (χ3n) is 1.76. The molecule has 14 heavy (non-hydrogen) atoms. The summed E-state index contributed by atoms with van der Waals surface area (Å²) in [6.07, 6.45) is 0. The van der Waals surface area contributed by atoms with E-state index in [0.717, 1.165) is 23.7 Å². The Balaban J connectivity index is 2.25. The average molecular weight is 211 g/mol. The topological polar surface area (TPSA) is 42.1 Å². The first kappa shape index (κ1) is 11.3. The molecule has 78 valence electrons. The van der Waals surface area contributed by atoms with Crippen molar-refractivity contribution in [1.29, 1.82) is 0 Å². The molecule has 0 atom stereocenters. The lowest BCUT2D eigenvalue weighted by atomic mass is 10.4. The zero-order valence-corrected chi connectivity index (χ0v) is 9.55. The van der Waals surface area contributed by atoms with Crippen LogP contribution in [0.25, 0.3) is 0 Å². The van der Waals surface area contributed by atoms with Gasteiger partial charge in [0.2, 0.25) is 0 Å². The molecule has 0 aromatic carbocycles. The molecule has 4 heteroatoms. The highest BCUT2D eigenvalue weighted by atomic mass is 32.2. The lowest BCUT2D eigenvalue weighted by molar-refractivity contribution is 0.437. The van der Waals surface area contributed by atoms with Crippen molar-refractivity contribution in [2.75, 3.05) is 32.1 Å². The molecule has 1 aromatic rings. The Hall–Kier alpha value is -0.740. The molecule has 1 heterocycles. The van der Waals surface area contributed by atoms with Gasteiger partial charge in [-0.05, 0) is 26.2 Å². The monoisotopic (exact) mass is 211 g/mol. The fourth-order valence-electron chi connectivity index (χ4n) is 1.00. The number of hydrogen-bond donors (Lipinski definition) is 1. The highest BCUT2D eigenvalue weighted by Crippen LogP contribution is 2.10. The highest BCUT2D eigenvalue weighted by Gasteiger charge is 1.96. The summed E-state index contributed by atoms with van der Waals surface area (Å²) in [5, 5.41) is 0. The first-order valence-corrected chi connectivity index (χ1v) is 5.78. The lowest BCUT2D eigenvalue weighted by Gasteiger charge is -2.08. The minimum absolute atomic E-state index is 0.607. The highest BCUT2D eigenvalue weighted by molar-refractivity contribution is 7.98. The number of thioether (sulfide) groups is 1. The minimum Gasteiger partial charge on any atom is -0.384 e. The SMILES string of the molecule is CN(C)CCSCc1cccc(N)n1. The van der Waals surface area contributed by atoms with Crippen molar-refractivity contribution >= 4 is 17.6 Å². The van der Waals surface area contributed by atoms with E-state index >= 15 is 0 Å². The van der Waals surface area contributed by atoms with Gasteiger partial charge in [0.25, 0.3) is 0 Å². The number of nitrogens with zero attached hydrogens (tertiary/aromatic N) is 2. The predicted molar refractivity (Wildman–Crippen MR) is 63.4 cm³/mol. The smallest absolute Gasteiger partial charge is 0.123 e. The molecule has 0 aliphatic heterocycles. The second kappa shape index (κ2) is 5.88. The van der Waals surface area contributed by atoms with Gasteiger partial charge in [0.05, 0.1) is 5.69 Å². The summed E-state index contributed by atoms with van der Waals surface area (Å²) in [7, 11) is 4.17. The Kier molecular flexibility index (Phi) is 4.76. The minimum atomic E-state index is 0.607. The van der Waals surface area contributed by atoms with Crippen molar-refractivity contribution in [3.05, 3.63) is 23.9 Å². The molecular weight excluding hydrogens is 194 g/mol. The average Bonchev–Trinajstić information content (AvgIpc) is 2.12. The molecule has 0 saturated carbocycles. The third-order valence-corrected chi connectivity index (χ3v) is 2.73. The summed E-state index contributed by atoms with van der Waals surface area (Å²) >= 11 is 1.88. The van der Waals surface area contributed by atoms with E-state index in [0.29, 0.717) is 5.82 Å². The number of nitrogens with two attached hydrogens (primary N) is 1. The van der Waals surface area contributed by atoms with Crippen LogP contribution in [0.3, 0.4) is 0 Å². The first-order valence-electron chi connectivity index (χ1n) is 4.62. The van der Waals surface area contributed by atoms with Gasteiger partial charge in [-0.25, -0.2) is 4.98 Å². The number of pyridine rings is 1.